The Morgan fingerprint density at radius 2 is 1.65 bits per heavy atom. The first-order chi connectivity index (χ1) is 11.3. The van der Waals surface area contributed by atoms with Crippen LogP contribution in [0.3, 0.4) is 0 Å². The summed E-state index contributed by atoms with van der Waals surface area (Å²) in [4.78, 5) is 8.29. The summed E-state index contributed by atoms with van der Waals surface area (Å²) in [5, 5.41) is 5.19. The summed E-state index contributed by atoms with van der Waals surface area (Å²) in [5.74, 6) is 0.135. The lowest BCUT2D eigenvalue weighted by Gasteiger charge is -2.27. The maximum Gasteiger partial charge on any atom is 0.193 e. The number of hydrogen-bond acceptors (Lipinski definition) is 3. The summed E-state index contributed by atoms with van der Waals surface area (Å²) >= 11 is 6.02. The van der Waals surface area contributed by atoms with Crippen molar-refractivity contribution in [3.63, 3.8) is 0 Å². The number of benzene rings is 2. The van der Waals surface area contributed by atoms with Crippen LogP contribution in [0.25, 0.3) is 0 Å². The van der Waals surface area contributed by atoms with Gasteiger partial charge in [0.15, 0.2) is 6.23 Å². The molecule has 4 rings (SSSR count). The van der Waals surface area contributed by atoms with Crippen LogP contribution in [0.2, 0.25) is 5.02 Å². The second-order valence-electron chi connectivity index (χ2n) is 6.11. The molecular weight excluding hydrogens is 308 g/mol. The van der Waals surface area contributed by atoms with Crippen molar-refractivity contribution < 1.29 is 4.84 Å². The van der Waals surface area contributed by atoms with Crippen LogP contribution in [0, 0.1) is 0 Å². The molecule has 0 N–H and O–H groups in total. The van der Waals surface area contributed by atoms with Crippen LogP contribution in [0.4, 0.5) is 0 Å². The second kappa shape index (κ2) is 6.34. The molecule has 23 heavy (non-hydrogen) atoms. The highest BCUT2D eigenvalue weighted by Crippen LogP contribution is 2.35. The molecular formula is C19H19ClN2O. The molecule has 2 aromatic rings. The monoisotopic (exact) mass is 326 g/mol. The summed E-state index contributed by atoms with van der Waals surface area (Å²) in [7, 11) is 0. The van der Waals surface area contributed by atoms with Crippen LogP contribution in [0.1, 0.15) is 29.9 Å². The molecule has 0 radical (unpaired) electrons. The summed E-state index contributed by atoms with van der Waals surface area (Å²) in [5.41, 5.74) is 3.31. The molecule has 0 spiro atoms. The van der Waals surface area contributed by atoms with Crippen LogP contribution in [0.5, 0.6) is 0 Å². The van der Waals surface area contributed by atoms with E-state index in [-0.39, 0.29) is 12.1 Å². The molecule has 2 aliphatic rings. The molecule has 0 bridgehead atoms. The Kier molecular flexibility index (Phi) is 4.06. The van der Waals surface area contributed by atoms with Crippen molar-refractivity contribution in [1.82, 2.24) is 4.90 Å². The van der Waals surface area contributed by atoms with Crippen molar-refractivity contribution in [2.45, 2.75) is 25.0 Å². The number of hydrogen-bond donors (Lipinski definition) is 0. The largest absolute Gasteiger partial charge is 0.375 e. The first-order valence-electron chi connectivity index (χ1n) is 8.11. The van der Waals surface area contributed by atoms with Gasteiger partial charge < -0.3 is 4.84 Å². The third-order valence-electron chi connectivity index (χ3n) is 4.64. The highest BCUT2D eigenvalue weighted by Gasteiger charge is 2.40. The van der Waals surface area contributed by atoms with Gasteiger partial charge in [-0.2, -0.15) is 0 Å². The van der Waals surface area contributed by atoms with Crippen molar-refractivity contribution in [1.29, 1.82) is 0 Å². The van der Waals surface area contributed by atoms with E-state index in [2.05, 4.69) is 34.3 Å². The van der Waals surface area contributed by atoms with Crippen molar-refractivity contribution in [3.05, 3.63) is 70.7 Å². The zero-order chi connectivity index (χ0) is 15.6. The van der Waals surface area contributed by atoms with Gasteiger partial charge in [0, 0.05) is 23.7 Å². The molecule has 1 fully saturated rings. The predicted octanol–water partition coefficient (Wildman–Crippen LogP) is 4.28. The van der Waals surface area contributed by atoms with E-state index in [0.717, 1.165) is 29.4 Å². The first kappa shape index (κ1) is 14.7. The fraction of sp³-hybridized carbons (Fsp3) is 0.316. The summed E-state index contributed by atoms with van der Waals surface area (Å²) in [6.45, 7) is 2.16. The standard InChI is InChI=1S/C19H19ClN2O/c20-16-10-8-15(9-11-16)18-17(14-6-2-1-3-7-14)19(23-21-18)22-12-4-5-13-22/h1-3,6-11,17,19H,4-5,12-13H2/t17-,19-/m0/s1. The molecule has 0 aromatic heterocycles. The first-order valence-corrected chi connectivity index (χ1v) is 8.49. The second-order valence-corrected chi connectivity index (χ2v) is 6.55. The van der Waals surface area contributed by atoms with Gasteiger partial charge >= 0.3 is 0 Å². The Hall–Kier alpha value is -1.84. The summed E-state index contributed by atoms with van der Waals surface area (Å²) in [6, 6.07) is 18.4. The maximum absolute atomic E-state index is 6.02. The lowest BCUT2D eigenvalue weighted by Crippen LogP contribution is -2.38. The number of oxime groups is 1. The van der Waals surface area contributed by atoms with Gasteiger partial charge in [0.05, 0.1) is 11.6 Å². The molecule has 2 atom stereocenters. The van der Waals surface area contributed by atoms with E-state index in [4.69, 9.17) is 16.4 Å². The average molecular weight is 327 g/mol. The molecule has 2 heterocycles. The molecule has 3 nitrogen and oxygen atoms in total. The average Bonchev–Trinajstić information content (AvgIpc) is 3.25. The van der Waals surface area contributed by atoms with Gasteiger partial charge in [0.1, 0.15) is 0 Å². The van der Waals surface area contributed by atoms with Crippen molar-refractivity contribution in [3.8, 4) is 0 Å². The highest BCUT2D eigenvalue weighted by atomic mass is 35.5. The normalized spacial score (nSPS) is 24.5. The molecule has 2 aromatic carbocycles. The van der Waals surface area contributed by atoms with Crippen LogP contribution >= 0.6 is 11.6 Å². The minimum Gasteiger partial charge on any atom is -0.375 e. The Labute approximate surface area is 141 Å². The van der Waals surface area contributed by atoms with Crippen molar-refractivity contribution in [2.75, 3.05) is 13.1 Å². The van der Waals surface area contributed by atoms with E-state index in [1.165, 1.54) is 18.4 Å². The lowest BCUT2D eigenvalue weighted by atomic mass is 9.88. The van der Waals surface area contributed by atoms with E-state index in [0.29, 0.717) is 0 Å². The predicted molar refractivity (Wildman–Crippen MR) is 92.9 cm³/mol. The van der Waals surface area contributed by atoms with Gasteiger partial charge in [0.2, 0.25) is 0 Å². The fourth-order valence-electron chi connectivity index (χ4n) is 3.47. The number of likely N-dealkylation sites (tertiary alicyclic amines) is 1. The maximum atomic E-state index is 6.02. The van der Waals surface area contributed by atoms with Crippen LogP contribution < -0.4 is 0 Å². The third kappa shape index (κ3) is 2.87. The van der Waals surface area contributed by atoms with Crippen molar-refractivity contribution in [2.24, 2.45) is 5.16 Å². The lowest BCUT2D eigenvalue weighted by molar-refractivity contribution is -0.0340. The Morgan fingerprint density at radius 1 is 0.957 bits per heavy atom. The van der Waals surface area contributed by atoms with Crippen LogP contribution in [-0.2, 0) is 4.84 Å². The molecule has 0 saturated carbocycles. The molecule has 118 valence electrons. The number of rotatable bonds is 3. The summed E-state index contributed by atoms with van der Waals surface area (Å²) < 4.78 is 0. The fourth-order valence-corrected chi connectivity index (χ4v) is 3.60. The third-order valence-corrected chi connectivity index (χ3v) is 4.89. The Morgan fingerprint density at radius 3 is 2.35 bits per heavy atom. The minimum atomic E-state index is -0.00872. The van der Waals surface area contributed by atoms with Gasteiger partial charge in [-0.1, -0.05) is 59.2 Å². The van der Waals surface area contributed by atoms with E-state index in [1.807, 2.05) is 30.3 Å². The highest BCUT2D eigenvalue weighted by molar-refractivity contribution is 6.30. The molecule has 0 unspecified atom stereocenters. The zero-order valence-electron chi connectivity index (χ0n) is 12.9. The number of halogens is 1. The van der Waals surface area contributed by atoms with Gasteiger partial charge in [-0.15, -0.1) is 0 Å². The van der Waals surface area contributed by atoms with Gasteiger partial charge in [-0.05, 0) is 30.5 Å². The van der Waals surface area contributed by atoms with E-state index in [9.17, 15) is 0 Å². The SMILES string of the molecule is Clc1ccc(C2=NO[C@H](N3CCCC3)[C@H]2c2ccccc2)cc1. The van der Waals surface area contributed by atoms with E-state index >= 15 is 0 Å². The molecule has 1 saturated heterocycles. The van der Waals surface area contributed by atoms with Gasteiger partial charge in [0.25, 0.3) is 0 Å². The van der Waals surface area contributed by atoms with Gasteiger partial charge in [-0.3, -0.25) is 4.90 Å². The topological polar surface area (TPSA) is 24.8 Å². The Bertz CT molecular complexity index is 693. The zero-order valence-corrected chi connectivity index (χ0v) is 13.6. The van der Waals surface area contributed by atoms with Crippen molar-refractivity contribution >= 4 is 17.3 Å². The quantitative estimate of drug-likeness (QED) is 0.841. The smallest absolute Gasteiger partial charge is 0.193 e. The molecule has 4 heteroatoms. The minimum absolute atomic E-state index is 0.00872. The van der Waals surface area contributed by atoms with E-state index < -0.39 is 0 Å². The number of nitrogens with zero attached hydrogens (tertiary/aromatic N) is 2. The molecule has 2 aliphatic heterocycles. The molecule has 0 aliphatic carbocycles. The van der Waals surface area contributed by atoms with Gasteiger partial charge in [-0.25, -0.2) is 0 Å². The van der Waals surface area contributed by atoms with Crippen LogP contribution in [-0.4, -0.2) is 29.9 Å². The Balaban J connectivity index is 1.71. The van der Waals surface area contributed by atoms with E-state index in [1.54, 1.807) is 0 Å². The van der Waals surface area contributed by atoms with Crippen LogP contribution in [0.15, 0.2) is 59.8 Å². The molecule has 0 amide bonds. The summed E-state index contributed by atoms with van der Waals surface area (Å²) in [6.07, 6.45) is 2.46.